The summed E-state index contributed by atoms with van der Waals surface area (Å²) in [5.74, 6) is -1.02. The lowest BCUT2D eigenvalue weighted by Crippen LogP contribution is -2.30. The fourth-order valence-electron chi connectivity index (χ4n) is 8.10. The third-order valence-corrected chi connectivity index (χ3v) is 12.6. The van der Waals surface area contributed by atoms with Gasteiger partial charge in [-0.1, -0.05) is 257 Å². The minimum atomic E-state index is -0.832. The number of rotatable bonds is 54. The van der Waals surface area contributed by atoms with Crippen molar-refractivity contribution < 1.29 is 28.6 Å². The van der Waals surface area contributed by atoms with Gasteiger partial charge in [0.15, 0.2) is 6.10 Å². The van der Waals surface area contributed by atoms with Crippen LogP contribution in [0.1, 0.15) is 265 Å². The molecule has 0 aromatic carbocycles. The molecule has 0 heterocycles. The Morgan fingerprint density at radius 2 is 0.547 bits per heavy atom. The van der Waals surface area contributed by atoms with Crippen molar-refractivity contribution in [2.24, 2.45) is 0 Å². The lowest BCUT2D eigenvalue weighted by molar-refractivity contribution is -0.166. The van der Waals surface area contributed by atoms with Crippen LogP contribution in [-0.4, -0.2) is 37.2 Å². The van der Waals surface area contributed by atoms with Crippen LogP contribution in [0.25, 0.3) is 0 Å². The Hall–Kier alpha value is -4.45. The summed E-state index contributed by atoms with van der Waals surface area (Å²) in [4.78, 5) is 38.2. The molecule has 75 heavy (non-hydrogen) atoms. The first kappa shape index (κ1) is 70.5. The van der Waals surface area contributed by atoms with E-state index in [-0.39, 0.29) is 31.6 Å². The van der Waals surface area contributed by atoms with Crippen LogP contribution < -0.4 is 0 Å². The third-order valence-electron chi connectivity index (χ3n) is 12.6. The van der Waals surface area contributed by atoms with Crippen LogP contribution in [0.5, 0.6) is 0 Å². The van der Waals surface area contributed by atoms with E-state index in [2.05, 4.69) is 142 Å². The largest absolute Gasteiger partial charge is 0.462 e. The molecule has 0 rings (SSSR count). The summed E-state index contributed by atoms with van der Waals surface area (Å²) in [5, 5.41) is 0. The molecule has 1 unspecified atom stereocenters. The van der Waals surface area contributed by atoms with E-state index in [4.69, 9.17) is 14.2 Å². The number of carbonyl (C=O) groups excluding carboxylic acids is 3. The van der Waals surface area contributed by atoms with Gasteiger partial charge in [0.1, 0.15) is 13.2 Å². The lowest BCUT2D eigenvalue weighted by atomic mass is 10.0. The molecule has 0 fully saturated rings. The van der Waals surface area contributed by atoms with Crippen molar-refractivity contribution in [1.29, 1.82) is 0 Å². The Bertz CT molecular complexity index is 1620. The molecule has 0 aliphatic carbocycles. The van der Waals surface area contributed by atoms with Crippen molar-refractivity contribution in [3.63, 3.8) is 0 Å². The first-order chi connectivity index (χ1) is 37.0. The molecule has 0 radical (unpaired) electrons. The Kier molecular flexibility index (Phi) is 58.4. The SMILES string of the molecule is CC/C=C\C/C=C\C/C=C\C/C=C\C/C=C\C/C=C\CCC(=O)OC(COC(=O)CCCCCCC/C=C\C/C=C\C/C=C\CC)COC(=O)CCCCCCCCCCCCC/C=C\C/C=C\CCCCCCC. The fraction of sp³-hybridized carbons (Fsp3) is 0.638. The molecule has 0 aliphatic rings. The van der Waals surface area contributed by atoms with Gasteiger partial charge in [-0.05, 0) is 122 Å². The van der Waals surface area contributed by atoms with Crippen LogP contribution in [0, 0.1) is 0 Å². The van der Waals surface area contributed by atoms with Gasteiger partial charge in [-0.15, -0.1) is 0 Å². The number of hydrogen-bond donors (Lipinski definition) is 0. The van der Waals surface area contributed by atoms with Gasteiger partial charge in [0.25, 0.3) is 0 Å². The molecule has 0 N–H and O–H groups in total. The van der Waals surface area contributed by atoms with E-state index in [1.54, 1.807) is 0 Å². The standard InChI is InChI=1S/C69H112O6/c1-4-7-10-13-16-19-22-25-28-30-32-33-34-35-37-38-41-44-47-50-53-56-59-62-68(71)74-65-66(64-73-67(70)61-58-55-52-49-46-43-40-27-24-21-18-15-12-9-6-3)75-69(72)63-60-57-54-51-48-45-42-39-36-31-29-26-23-20-17-14-11-8-5-2/h8-9,11-12,17-18,20-22,25-27,29-30,32,36,39-40,45,48,54,57,66H,4-7,10,13-16,19,23-24,28,31,33-35,37-38,41-44,46-47,49-53,55-56,58-65H2,1-3H3/b11-8-,12-9-,20-17-,21-18-,25-22-,29-26-,32-30-,39-36-,40-27-,48-45-,57-54-. The molecule has 0 saturated heterocycles. The molecule has 0 aliphatic heterocycles. The maximum absolute atomic E-state index is 12.9. The molecule has 6 heteroatoms. The van der Waals surface area contributed by atoms with Crippen molar-refractivity contribution in [2.75, 3.05) is 13.2 Å². The number of unbranched alkanes of at least 4 members (excludes halogenated alkanes) is 21. The van der Waals surface area contributed by atoms with Crippen LogP contribution in [0.15, 0.2) is 134 Å². The van der Waals surface area contributed by atoms with Crippen molar-refractivity contribution in [3.8, 4) is 0 Å². The average molecular weight is 1040 g/mol. The molecule has 0 aromatic heterocycles. The molecule has 0 aromatic rings. The molecule has 424 valence electrons. The second kappa shape index (κ2) is 62.1. The molecule has 0 amide bonds. The van der Waals surface area contributed by atoms with Gasteiger partial charge in [0.2, 0.25) is 0 Å². The van der Waals surface area contributed by atoms with Gasteiger partial charge in [0, 0.05) is 19.3 Å². The zero-order valence-corrected chi connectivity index (χ0v) is 48.5. The molecule has 0 spiro atoms. The predicted molar refractivity (Wildman–Crippen MR) is 325 cm³/mol. The van der Waals surface area contributed by atoms with Gasteiger partial charge < -0.3 is 14.2 Å². The summed E-state index contributed by atoms with van der Waals surface area (Å²) in [6.45, 7) is 6.33. The zero-order valence-electron chi connectivity index (χ0n) is 48.5. The minimum absolute atomic E-state index is 0.119. The molecule has 0 saturated carbocycles. The maximum atomic E-state index is 12.9. The summed E-state index contributed by atoms with van der Waals surface area (Å²) in [6.07, 6.45) is 87.5. The average Bonchev–Trinajstić information content (AvgIpc) is 3.41. The van der Waals surface area contributed by atoms with Crippen LogP contribution in [0.4, 0.5) is 0 Å². The van der Waals surface area contributed by atoms with Gasteiger partial charge in [-0.3, -0.25) is 14.4 Å². The van der Waals surface area contributed by atoms with E-state index in [0.717, 1.165) is 122 Å². The van der Waals surface area contributed by atoms with Gasteiger partial charge in [0.05, 0.1) is 0 Å². The topological polar surface area (TPSA) is 78.9 Å². The lowest BCUT2D eigenvalue weighted by Gasteiger charge is -2.18. The second-order valence-electron chi connectivity index (χ2n) is 19.8. The van der Waals surface area contributed by atoms with Gasteiger partial charge >= 0.3 is 17.9 Å². The smallest absolute Gasteiger partial charge is 0.306 e. The number of hydrogen-bond acceptors (Lipinski definition) is 6. The predicted octanol–water partition coefficient (Wildman–Crippen LogP) is 21.0. The highest BCUT2D eigenvalue weighted by Gasteiger charge is 2.19. The van der Waals surface area contributed by atoms with Crippen LogP contribution in [0.2, 0.25) is 0 Å². The second-order valence-corrected chi connectivity index (χ2v) is 19.8. The quantitative estimate of drug-likeness (QED) is 0.0261. The monoisotopic (exact) mass is 1040 g/mol. The van der Waals surface area contributed by atoms with E-state index < -0.39 is 12.1 Å². The Morgan fingerprint density at radius 1 is 0.280 bits per heavy atom. The van der Waals surface area contributed by atoms with E-state index in [9.17, 15) is 14.4 Å². The highest BCUT2D eigenvalue weighted by atomic mass is 16.6. The Morgan fingerprint density at radius 3 is 0.867 bits per heavy atom. The third kappa shape index (κ3) is 60.3. The number of allylic oxidation sites excluding steroid dienone is 22. The first-order valence-corrected chi connectivity index (χ1v) is 30.7. The Balaban J connectivity index is 4.49. The highest BCUT2D eigenvalue weighted by Crippen LogP contribution is 2.15. The van der Waals surface area contributed by atoms with E-state index >= 15 is 0 Å². The van der Waals surface area contributed by atoms with E-state index in [1.807, 2.05) is 12.2 Å². The van der Waals surface area contributed by atoms with Crippen LogP contribution >= 0.6 is 0 Å². The summed E-state index contributed by atoms with van der Waals surface area (Å²) in [5.41, 5.74) is 0. The van der Waals surface area contributed by atoms with Crippen LogP contribution in [0.3, 0.4) is 0 Å². The fourth-order valence-corrected chi connectivity index (χ4v) is 8.10. The zero-order chi connectivity index (χ0) is 54.3. The van der Waals surface area contributed by atoms with E-state index in [1.165, 1.54) is 96.3 Å². The summed E-state index contributed by atoms with van der Waals surface area (Å²) >= 11 is 0. The first-order valence-electron chi connectivity index (χ1n) is 30.7. The Labute approximate surface area is 462 Å². The molecular formula is C69H112O6. The molecule has 6 nitrogen and oxygen atoms in total. The summed E-state index contributed by atoms with van der Waals surface area (Å²) in [7, 11) is 0. The molecule has 0 bridgehead atoms. The maximum Gasteiger partial charge on any atom is 0.306 e. The molecule has 1 atom stereocenters. The van der Waals surface area contributed by atoms with Crippen molar-refractivity contribution in [1.82, 2.24) is 0 Å². The summed E-state index contributed by atoms with van der Waals surface area (Å²) < 4.78 is 16.8. The number of carbonyl (C=O) groups is 3. The summed E-state index contributed by atoms with van der Waals surface area (Å²) in [6, 6.07) is 0. The van der Waals surface area contributed by atoms with Gasteiger partial charge in [-0.25, -0.2) is 0 Å². The molecular weight excluding hydrogens is 925 g/mol. The normalized spacial score (nSPS) is 13.1. The number of ether oxygens (including phenoxy) is 3. The van der Waals surface area contributed by atoms with Crippen LogP contribution in [-0.2, 0) is 28.6 Å². The number of esters is 3. The minimum Gasteiger partial charge on any atom is -0.462 e. The van der Waals surface area contributed by atoms with Crippen molar-refractivity contribution >= 4 is 17.9 Å². The highest BCUT2D eigenvalue weighted by molar-refractivity contribution is 5.71. The van der Waals surface area contributed by atoms with Crippen molar-refractivity contribution in [2.45, 2.75) is 271 Å². The van der Waals surface area contributed by atoms with E-state index in [0.29, 0.717) is 19.3 Å². The van der Waals surface area contributed by atoms with Crippen molar-refractivity contribution in [3.05, 3.63) is 134 Å². The van der Waals surface area contributed by atoms with Gasteiger partial charge in [-0.2, -0.15) is 0 Å².